The van der Waals surface area contributed by atoms with Gasteiger partial charge in [-0.15, -0.1) is 0 Å². The van der Waals surface area contributed by atoms with E-state index in [1.807, 2.05) is 0 Å². The number of carboxylic acid groups (broad SMARTS) is 1. The zero-order valence-corrected chi connectivity index (χ0v) is 14.2. The number of aliphatic carboxylic acids is 1. The van der Waals surface area contributed by atoms with Crippen LogP contribution >= 0.6 is 15.9 Å². The summed E-state index contributed by atoms with van der Waals surface area (Å²) in [7, 11) is 1.54. The molecule has 1 rings (SSSR count). The number of methoxy groups -OCH3 is 1. The van der Waals surface area contributed by atoms with E-state index < -0.39 is 11.4 Å². The molecule has 1 unspecified atom stereocenters. The van der Waals surface area contributed by atoms with Gasteiger partial charge >= 0.3 is 5.97 Å². The second-order valence-corrected chi connectivity index (χ2v) is 6.40. The van der Waals surface area contributed by atoms with Gasteiger partial charge in [0.15, 0.2) is 0 Å². The van der Waals surface area contributed by atoms with E-state index in [0.29, 0.717) is 11.4 Å². The average Bonchev–Trinajstić information content (AvgIpc) is 2.36. The number of rotatable bonds is 6. The van der Waals surface area contributed by atoms with Gasteiger partial charge in [-0.1, -0.05) is 29.8 Å². The summed E-state index contributed by atoms with van der Waals surface area (Å²) < 4.78 is 5.88. The lowest BCUT2D eigenvalue weighted by atomic mass is 9.76. The number of hydrogen-bond donors (Lipinski definition) is 2. The normalized spacial score (nSPS) is 13.6. The summed E-state index contributed by atoms with van der Waals surface area (Å²) in [5.74, 6) is -0.865. The first-order valence-corrected chi connectivity index (χ1v) is 7.36. The van der Waals surface area contributed by atoms with Gasteiger partial charge in [0.2, 0.25) is 5.91 Å². The van der Waals surface area contributed by atoms with Crippen LogP contribution in [0.4, 0.5) is 5.69 Å². The van der Waals surface area contributed by atoms with Crippen molar-refractivity contribution in [2.24, 2.45) is 11.3 Å². The zero-order chi connectivity index (χ0) is 16.2. The molecule has 0 saturated heterocycles. The van der Waals surface area contributed by atoms with E-state index in [0.717, 1.165) is 4.47 Å². The van der Waals surface area contributed by atoms with Crippen LogP contribution in [0.2, 0.25) is 0 Å². The molecule has 0 saturated carbocycles. The van der Waals surface area contributed by atoms with Crippen LogP contribution in [0.25, 0.3) is 0 Å². The molecule has 0 bridgehead atoms. The molecule has 1 aromatic carbocycles. The summed E-state index contributed by atoms with van der Waals surface area (Å²) >= 11 is 3.33. The number of hydrogen-bond acceptors (Lipinski definition) is 3. The SMILES string of the molecule is COc1cc(Br)cc(NC(=O)CC(C)(C(=O)O)C(C)C)c1. The highest BCUT2D eigenvalue weighted by atomic mass is 79.9. The molecular formula is C15H20BrNO4. The van der Waals surface area contributed by atoms with Gasteiger partial charge in [0.05, 0.1) is 12.5 Å². The first kappa shape index (κ1) is 17.5. The molecule has 6 heteroatoms. The number of amides is 1. The Bertz CT molecular complexity index is 544. The molecule has 0 spiro atoms. The number of nitrogens with one attached hydrogen (secondary N) is 1. The van der Waals surface area contributed by atoms with Gasteiger partial charge in [-0.25, -0.2) is 0 Å². The van der Waals surface area contributed by atoms with Gasteiger partial charge in [0, 0.05) is 22.6 Å². The maximum absolute atomic E-state index is 12.1. The number of ether oxygens (including phenoxy) is 1. The van der Waals surface area contributed by atoms with Gasteiger partial charge in [-0.2, -0.15) is 0 Å². The number of anilines is 1. The van der Waals surface area contributed by atoms with E-state index in [-0.39, 0.29) is 18.2 Å². The molecule has 5 nitrogen and oxygen atoms in total. The van der Waals surface area contributed by atoms with Crippen LogP contribution in [0.5, 0.6) is 5.75 Å². The predicted octanol–water partition coefficient (Wildman–Crippen LogP) is 3.53. The number of carboxylic acids is 1. The van der Waals surface area contributed by atoms with Crippen LogP contribution in [-0.4, -0.2) is 24.1 Å². The lowest BCUT2D eigenvalue weighted by Crippen LogP contribution is -2.37. The van der Waals surface area contributed by atoms with E-state index in [2.05, 4.69) is 21.2 Å². The van der Waals surface area contributed by atoms with E-state index >= 15 is 0 Å². The lowest BCUT2D eigenvalue weighted by Gasteiger charge is -2.28. The van der Waals surface area contributed by atoms with Crippen molar-refractivity contribution >= 4 is 33.5 Å². The van der Waals surface area contributed by atoms with Crippen molar-refractivity contribution in [3.63, 3.8) is 0 Å². The summed E-state index contributed by atoms with van der Waals surface area (Å²) in [6.07, 6.45) is -0.0885. The maximum atomic E-state index is 12.1. The minimum absolute atomic E-state index is 0.0885. The molecule has 0 aliphatic carbocycles. The fourth-order valence-electron chi connectivity index (χ4n) is 1.82. The minimum atomic E-state index is -1.10. The second kappa shape index (κ2) is 6.93. The van der Waals surface area contributed by atoms with Crippen LogP contribution in [-0.2, 0) is 9.59 Å². The molecule has 0 aliphatic rings. The predicted molar refractivity (Wildman–Crippen MR) is 84.5 cm³/mol. The Morgan fingerprint density at radius 3 is 2.48 bits per heavy atom. The average molecular weight is 358 g/mol. The van der Waals surface area contributed by atoms with Crippen LogP contribution in [0, 0.1) is 11.3 Å². The van der Waals surface area contributed by atoms with Crippen molar-refractivity contribution in [3.05, 3.63) is 22.7 Å². The first-order valence-electron chi connectivity index (χ1n) is 6.57. The first-order chi connectivity index (χ1) is 9.68. The molecule has 2 N–H and O–H groups in total. The third-order valence-corrected chi connectivity index (χ3v) is 4.14. The van der Waals surface area contributed by atoms with Crippen LogP contribution in [0.15, 0.2) is 22.7 Å². The van der Waals surface area contributed by atoms with Crippen molar-refractivity contribution in [1.29, 1.82) is 0 Å². The Balaban J connectivity index is 2.87. The van der Waals surface area contributed by atoms with Crippen molar-refractivity contribution < 1.29 is 19.4 Å². The molecule has 116 valence electrons. The maximum Gasteiger partial charge on any atom is 0.310 e. The largest absolute Gasteiger partial charge is 0.497 e. The third-order valence-electron chi connectivity index (χ3n) is 3.68. The van der Waals surface area contributed by atoms with Crippen molar-refractivity contribution in [1.82, 2.24) is 0 Å². The van der Waals surface area contributed by atoms with Crippen LogP contribution < -0.4 is 10.1 Å². The van der Waals surface area contributed by atoms with Crippen LogP contribution in [0.1, 0.15) is 27.2 Å². The van der Waals surface area contributed by atoms with Crippen molar-refractivity contribution in [2.75, 3.05) is 12.4 Å². The molecule has 1 amide bonds. The second-order valence-electron chi connectivity index (χ2n) is 5.48. The molecule has 1 atom stereocenters. The van der Waals surface area contributed by atoms with Gasteiger partial charge in [0.25, 0.3) is 0 Å². The fraction of sp³-hybridized carbons (Fsp3) is 0.467. The lowest BCUT2D eigenvalue weighted by molar-refractivity contribution is -0.153. The Morgan fingerprint density at radius 2 is 2.00 bits per heavy atom. The molecule has 0 aromatic heterocycles. The number of benzene rings is 1. The van der Waals surface area contributed by atoms with E-state index in [4.69, 9.17) is 4.74 Å². The summed E-state index contributed by atoms with van der Waals surface area (Å²) in [6, 6.07) is 5.18. The van der Waals surface area contributed by atoms with Gasteiger partial charge in [-0.3, -0.25) is 9.59 Å². The van der Waals surface area contributed by atoms with E-state index in [9.17, 15) is 14.7 Å². The highest BCUT2D eigenvalue weighted by Crippen LogP contribution is 2.32. The number of carbonyl (C=O) groups excluding carboxylic acids is 1. The Labute approximate surface area is 132 Å². The Kier molecular flexibility index (Phi) is 5.78. The van der Waals surface area contributed by atoms with E-state index in [1.54, 1.807) is 39.0 Å². The smallest absolute Gasteiger partial charge is 0.310 e. The van der Waals surface area contributed by atoms with Crippen molar-refractivity contribution in [2.45, 2.75) is 27.2 Å². The third kappa shape index (κ3) is 4.46. The molecule has 0 radical (unpaired) electrons. The highest BCUT2D eigenvalue weighted by molar-refractivity contribution is 9.10. The minimum Gasteiger partial charge on any atom is -0.497 e. The molecule has 0 fully saturated rings. The zero-order valence-electron chi connectivity index (χ0n) is 12.6. The van der Waals surface area contributed by atoms with Gasteiger partial charge in [-0.05, 0) is 25.0 Å². The topological polar surface area (TPSA) is 75.6 Å². The number of halogens is 1. The van der Waals surface area contributed by atoms with Gasteiger partial charge < -0.3 is 15.2 Å². The summed E-state index contributed by atoms with van der Waals surface area (Å²) in [6.45, 7) is 5.17. The molecule has 0 aliphatic heterocycles. The Hall–Kier alpha value is -1.56. The quantitative estimate of drug-likeness (QED) is 0.816. The van der Waals surface area contributed by atoms with Crippen molar-refractivity contribution in [3.8, 4) is 5.75 Å². The highest BCUT2D eigenvalue weighted by Gasteiger charge is 2.38. The standard InChI is InChI=1S/C15H20BrNO4/c1-9(2)15(3,14(19)20)8-13(18)17-11-5-10(16)6-12(7-11)21-4/h5-7,9H,8H2,1-4H3,(H,17,18)(H,19,20). The van der Waals surface area contributed by atoms with Gasteiger partial charge in [0.1, 0.15) is 5.75 Å². The summed E-state index contributed by atoms with van der Waals surface area (Å²) in [4.78, 5) is 23.5. The molecule has 0 heterocycles. The summed E-state index contributed by atoms with van der Waals surface area (Å²) in [5, 5.41) is 12.0. The Morgan fingerprint density at radius 1 is 1.38 bits per heavy atom. The summed E-state index contributed by atoms with van der Waals surface area (Å²) in [5.41, 5.74) is -0.539. The van der Waals surface area contributed by atoms with E-state index in [1.165, 1.54) is 7.11 Å². The molecule has 1 aromatic rings. The van der Waals surface area contributed by atoms with Crippen LogP contribution in [0.3, 0.4) is 0 Å². The molecule has 21 heavy (non-hydrogen) atoms. The monoisotopic (exact) mass is 357 g/mol. The number of carbonyl (C=O) groups is 2. The molecular weight excluding hydrogens is 338 g/mol. The fourth-order valence-corrected chi connectivity index (χ4v) is 2.29.